The number of carboxylic acids is 1. The highest BCUT2D eigenvalue weighted by molar-refractivity contribution is 5.75. The van der Waals surface area contributed by atoms with Crippen LogP contribution in [0.3, 0.4) is 0 Å². The molecule has 2 aromatic carbocycles. The lowest BCUT2D eigenvalue weighted by molar-refractivity contribution is -0.139. The van der Waals surface area contributed by atoms with Crippen LogP contribution < -0.4 is 4.74 Å². The second kappa shape index (κ2) is 8.23. The summed E-state index contributed by atoms with van der Waals surface area (Å²) in [5.41, 5.74) is 2.08. The molecule has 0 bridgehead atoms. The number of aryl methyl sites for hydroxylation is 1. The lowest BCUT2D eigenvalue weighted by Crippen LogP contribution is -2.12. The molecule has 0 aliphatic heterocycles. The number of carboxylic acid groups (broad SMARTS) is 1. The van der Waals surface area contributed by atoms with Gasteiger partial charge in [-0.2, -0.15) is 0 Å². The number of benzene rings is 2. The highest BCUT2D eigenvalue weighted by Crippen LogP contribution is 2.22. The van der Waals surface area contributed by atoms with Crippen molar-refractivity contribution in [1.29, 1.82) is 0 Å². The summed E-state index contributed by atoms with van der Waals surface area (Å²) in [6, 6.07) is 17.4. The zero-order valence-electron chi connectivity index (χ0n) is 12.9. The first kappa shape index (κ1) is 16.1. The summed E-state index contributed by atoms with van der Waals surface area (Å²) in [4.78, 5) is 11.4. The van der Waals surface area contributed by atoms with Crippen LogP contribution in [0, 0.1) is 6.92 Å². The average molecular weight is 298 g/mol. The molecule has 1 N–H and O–H groups in total. The van der Waals surface area contributed by atoms with Gasteiger partial charge in [-0.15, -0.1) is 0 Å². The van der Waals surface area contributed by atoms with E-state index in [4.69, 9.17) is 4.74 Å². The van der Waals surface area contributed by atoms with Crippen LogP contribution in [0.4, 0.5) is 0 Å². The number of rotatable bonds is 8. The van der Waals surface area contributed by atoms with Gasteiger partial charge in [-0.05, 0) is 43.9 Å². The second-order valence-electron chi connectivity index (χ2n) is 5.46. The molecule has 0 saturated carbocycles. The van der Waals surface area contributed by atoms with Crippen LogP contribution in [0.1, 0.15) is 36.3 Å². The lowest BCUT2D eigenvalue weighted by Gasteiger charge is -2.13. The van der Waals surface area contributed by atoms with Crippen LogP contribution in [0.5, 0.6) is 5.75 Å². The fourth-order valence-electron chi connectivity index (χ4n) is 2.39. The van der Waals surface area contributed by atoms with Crippen LogP contribution in [0.2, 0.25) is 0 Å². The Morgan fingerprint density at radius 3 is 2.36 bits per heavy atom. The lowest BCUT2D eigenvalue weighted by atomic mass is 9.94. The molecular weight excluding hydrogens is 276 g/mol. The zero-order valence-corrected chi connectivity index (χ0v) is 12.9. The van der Waals surface area contributed by atoms with Crippen molar-refractivity contribution in [2.75, 3.05) is 6.61 Å². The predicted molar refractivity (Wildman–Crippen MR) is 87.3 cm³/mol. The zero-order chi connectivity index (χ0) is 15.8. The Balaban J connectivity index is 1.74. The summed E-state index contributed by atoms with van der Waals surface area (Å²) in [5, 5.41) is 9.36. The van der Waals surface area contributed by atoms with Crippen molar-refractivity contribution in [3.05, 3.63) is 65.7 Å². The molecule has 116 valence electrons. The Kier molecular flexibility index (Phi) is 6.01. The summed E-state index contributed by atoms with van der Waals surface area (Å²) in [5.74, 6) is -0.324. The third-order valence-corrected chi connectivity index (χ3v) is 3.68. The average Bonchev–Trinajstić information content (AvgIpc) is 2.53. The van der Waals surface area contributed by atoms with E-state index in [2.05, 4.69) is 0 Å². The SMILES string of the molecule is Cc1ccc(OCCCCC(C(=O)O)c2ccccc2)cc1. The van der Waals surface area contributed by atoms with Gasteiger partial charge in [-0.1, -0.05) is 48.0 Å². The minimum absolute atomic E-state index is 0.430. The van der Waals surface area contributed by atoms with Gasteiger partial charge < -0.3 is 9.84 Å². The van der Waals surface area contributed by atoms with Crippen LogP contribution in [0.25, 0.3) is 0 Å². The van der Waals surface area contributed by atoms with Gasteiger partial charge in [0.15, 0.2) is 0 Å². The van der Waals surface area contributed by atoms with Crippen molar-refractivity contribution < 1.29 is 14.6 Å². The molecule has 2 aromatic rings. The highest BCUT2D eigenvalue weighted by atomic mass is 16.5. The third kappa shape index (κ3) is 4.92. The number of hydrogen-bond donors (Lipinski definition) is 1. The van der Waals surface area contributed by atoms with Crippen LogP contribution in [-0.2, 0) is 4.79 Å². The van der Waals surface area contributed by atoms with Gasteiger partial charge in [0.05, 0.1) is 12.5 Å². The number of unbranched alkanes of at least 4 members (excludes halogenated alkanes) is 1. The highest BCUT2D eigenvalue weighted by Gasteiger charge is 2.18. The van der Waals surface area contributed by atoms with E-state index < -0.39 is 11.9 Å². The minimum atomic E-state index is -0.759. The first-order valence-corrected chi connectivity index (χ1v) is 7.64. The Hall–Kier alpha value is -2.29. The van der Waals surface area contributed by atoms with E-state index >= 15 is 0 Å². The van der Waals surface area contributed by atoms with Gasteiger partial charge >= 0.3 is 5.97 Å². The Labute approximate surface area is 131 Å². The number of carbonyl (C=O) groups is 1. The first-order chi connectivity index (χ1) is 10.7. The number of aliphatic carboxylic acids is 1. The Bertz CT molecular complexity index is 575. The molecule has 1 unspecified atom stereocenters. The fraction of sp³-hybridized carbons (Fsp3) is 0.316. The summed E-state index contributed by atoms with van der Waals surface area (Å²) in [6.07, 6.45) is 2.32. The molecule has 0 aliphatic carbocycles. The van der Waals surface area contributed by atoms with Gasteiger partial charge in [-0.25, -0.2) is 0 Å². The summed E-state index contributed by atoms with van der Waals surface area (Å²) in [7, 11) is 0. The molecule has 0 heterocycles. The molecule has 3 nitrogen and oxygen atoms in total. The van der Waals surface area contributed by atoms with Gasteiger partial charge in [-0.3, -0.25) is 4.79 Å². The predicted octanol–water partition coefficient (Wildman–Crippen LogP) is 4.41. The monoisotopic (exact) mass is 298 g/mol. The number of ether oxygens (including phenoxy) is 1. The molecule has 3 heteroatoms. The summed E-state index contributed by atoms with van der Waals surface area (Å²) >= 11 is 0. The molecule has 0 saturated heterocycles. The summed E-state index contributed by atoms with van der Waals surface area (Å²) in [6.45, 7) is 2.66. The quantitative estimate of drug-likeness (QED) is 0.734. The molecule has 22 heavy (non-hydrogen) atoms. The van der Waals surface area contributed by atoms with Gasteiger partial charge in [0.1, 0.15) is 5.75 Å². The maximum absolute atomic E-state index is 11.4. The maximum Gasteiger partial charge on any atom is 0.310 e. The molecule has 0 aromatic heterocycles. The topological polar surface area (TPSA) is 46.5 Å². The van der Waals surface area contributed by atoms with Gasteiger partial charge in [0, 0.05) is 0 Å². The van der Waals surface area contributed by atoms with Crippen molar-refractivity contribution in [3.63, 3.8) is 0 Å². The van der Waals surface area contributed by atoms with Gasteiger partial charge in [0.2, 0.25) is 0 Å². The fourth-order valence-corrected chi connectivity index (χ4v) is 2.39. The van der Waals surface area contributed by atoms with Crippen molar-refractivity contribution in [3.8, 4) is 5.75 Å². The normalized spacial score (nSPS) is 11.9. The summed E-state index contributed by atoms with van der Waals surface area (Å²) < 4.78 is 5.66. The van der Waals surface area contributed by atoms with E-state index in [0.717, 1.165) is 24.2 Å². The smallest absolute Gasteiger partial charge is 0.310 e. The molecule has 0 fully saturated rings. The van der Waals surface area contributed by atoms with E-state index in [-0.39, 0.29) is 0 Å². The van der Waals surface area contributed by atoms with Crippen molar-refractivity contribution >= 4 is 5.97 Å². The van der Waals surface area contributed by atoms with Gasteiger partial charge in [0.25, 0.3) is 0 Å². The minimum Gasteiger partial charge on any atom is -0.494 e. The van der Waals surface area contributed by atoms with Crippen LogP contribution in [0.15, 0.2) is 54.6 Å². The molecule has 1 atom stereocenters. The molecule has 0 aliphatic rings. The van der Waals surface area contributed by atoms with Crippen molar-refractivity contribution in [1.82, 2.24) is 0 Å². The number of hydrogen-bond acceptors (Lipinski definition) is 2. The van der Waals surface area contributed by atoms with E-state index in [1.165, 1.54) is 5.56 Å². The molecule has 2 rings (SSSR count). The molecule has 0 spiro atoms. The van der Waals surface area contributed by atoms with Crippen molar-refractivity contribution in [2.24, 2.45) is 0 Å². The largest absolute Gasteiger partial charge is 0.494 e. The van der Waals surface area contributed by atoms with Crippen LogP contribution in [-0.4, -0.2) is 17.7 Å². The maximum atomic E-state index is 11.4. The molecule has 0 radical (unpaired) electrons. The van der Waals surface area contributed by atoms with E-state index in [0.29, 0.717) is 13.0 Å². The van der Waals surface area contributed by atoms with Crippen LogP contribution >= 0.6 is 0 Å². The Morgan fingerprint density at radius 2 is 1.73 bits per heavy atom. The van der Waals surface area contributed by atoms with E-state index in [1.54, 1.807) is 0 Å². The standard InChI is InChI=1S/C19H22O3/c1-15-10-12-17(13-11-15)22-14-6-5-9-18(19(20)21)16-7-3-2-4-8-16/h2-4,7-8,10-13,18H,5-6,9,14H2,1H3,(H,20,21). The van der Waals surface area contributed by atoms with Crippen molar-refractivity contribution in [2.45, 2.75) is 32.1 Å². The Morgan fingerprint density at radius 1 is 1.05 bits per heavy atom. The third-order valence-electron chi connectivity index (χ3n) is 3.68. The molecular formula is C19H22O3. The van der Waals surface area contributed by atoms with E-state index in [1.807, 2.05) is 61.5 Å². The second-order valence-corrected chi connectivity index (χ2v) is 5.46. The molecule has 0 amide bonds. The first-order valence-electron chi connectivity index (χ1n) is 7.64. The van der Waals surface area contributed by atoms with E-state index in [9.17, 15) is 9.90 Å².